The Morgan fingerprint density at radius 1 is 1.87 bits per heavy atom. The van der Waals surface area contributed by atoms with Crippen LogP contribution in [0.4, 0.5) is 0 Å². The average Bonchev–Trinajstić information content (AvgIpc) is 2.29. The van der Waals surface area contributed by atoms with E-state index in [0.717, 1.165) is 5.57 Å². The number of esters is 1. The van der Waals surface area contributed by atoms with E-state index in [0.29, 0.717) is 13.1 Å². The highest BCUT2D eigenvalue weighted by molar-refractivity contribution is 5.74. The molecule has 1 aliphatic rings. The van der Waals surface area contributed by atoms with E-state index in [9.17, 15) is 4.79 Å². The second kappa shape index (κ2) is 5.86. The standard InChI is InChI=1S/C11H14N2O2/c1-3-9(2)4-5-15-11(14)10-6-12-8-13-7-10/h1,4,8,10H,5-7H2,2H3,(H,12,13)/b9-4-. The van der Waals surface area contributed by atoms with Gasteiger partial charge >= 0.3 is 5.97 Å². The lowest BCUT2D eigenvalue weighted by Crippen LogP contribution is -2.35. The van der Waals surface area contributed by atoms with Crippen LogP contribution in [0.1, 0.15) is 6.92 Å². The fourth-order valence-electron chi connectivity index (χ4n) is 1.09. The van der Waals surface area contributed by atoms with Gasteiger partial charge in [0.2, 0.25) is 0 Å². The van der Waals surface area contributed by atoms with Gasteiger partial charge < -0.3 is 10.1 Å². The van der Waals surface area contributed by atoms with Crippen molar-refractivity contribution in [3.63, 3.8) is 0 Å². The Morgan fingerprint density at radius 3 is 3.27 bits per heavy atom. The van der Waals surface area contributed by atoms with E-state index in [2.05, 4.69) is 16.2 Å². The Balaban J connectivity index is 2.30. The highest BCUT2D eigenvalue weighted by Crippen LogP contribution is 2.02. The Kier molecular flexibility index (Phi) is 4.42. The van der Waals surface area contributed by atoms with E-state index in [-0.39, 0.29) is 18.5 Å². The Labute approximate surface area is 89.4 Å². The molecule has 1 aliphatic heterocycles. The lowest BCUT2D eigenvalue weighted by molar-refractivity contribution is -0.146. The lowest BCUT2D eigenvalue weighted by atomic mass is 10.1. The van der Waals surface area contributed by atoms with Crippen LogP contribution >= 0.6 is 0 Å². The third-order valence-corrected chi connectivity index (χ3v) is 2.05. The molecule has 4 nitrogen and oxygen atoms in total. The molecule has 0 amide bonds. The zero-order chi connectivity index (χ0) is 11.1. The summed E-state index contributed by atoms with van der Waals surface area (Å²) in [4.78, 5) is 15.4. The SMILES string of the molecule is C#C/C(C)=C\COC(=O)C1CN=CNC1. The third kappa shape index (κ3) is 3.86. The average molecular weight is 206 g/mol. The first-order valence-electron chi connectivity index (χ1n) is 4.75. The van der Waals surface area contributed by atoms with Gasteiger partial charge in [0.15, 0.2) is 0 Å². The number of terminal acetylenes is 1. The molecule has 80 valence electrons. The van der Waals surface area contributed by atoms with Crippen molar-refractivity contribution in [3.8, 4) is 12.3 Å². The van der Waals surface area contributed by atoms with E-state index in [1.165, 1.54) is 0 Å². The zero-order valence-electron chi connectivity index (χ0n) is 8.69. The fourth-order valence-corrected chi connectivity index (χ4v) is 1.09. The molecule has 0 saturated carbocycles. The van der Waals surface area contributed by atoms with Gasteiger partial charge in [-0.2, -0.15) is 0 Å². The third-order valence-electron chi connectivity index (χ3n) is 2.05. The molecule has 0 radical (unpaired) electrons. The van der Waals surface area contributed by atoms with Gasteiger partial charge in [0, 0.05) is 6.54 Å². The number of aliphatic imine (C=N–C) groups is 1. The van der Waals surface area contributed by atoms with Crippen molar-refractivity contribution in [2.45, 2.75) is 6.92 Å². The number of nitrogens with zero attached hydrogens (tertiary/aromatic N) is 1. The van der Waals surface area contributed by atoms with Crippen LogP contribution in [0.5, 0.6) is 0 Å². The minimum atomic E-state index is -0.236. The van der Waals surface area contributed by atoms with Crippen LogP contribution in [0, 0.1) is 18.3 Å². The van der Waals surface area contributed by atoms with Gasteiger partial charge in [0.1, 0.15) is 6.61 Å². The minimum Gasteiger partial charge on any atom is -0.461 e. The topological polar surface area (TPSA) is 50.7 Å². The van der Waals surface area contributed by atoms with Crippen LogP contribution in [0.15, 0.2) is 16.6 Å². The molecule has 1 N–H and O–H groups in total. The molecule has 0 aliphatic carbocycles. The van der Waals surface area contributed by atoms with Gasteiger partial charge in [-0.1, -0.05) is 5.92 Å². The predicted molar refractivity (Wildman–Crippen MR) is 58.4 cm³/mol. The molecule has 0 aromatic rings. The fraction of sp³-hybridized carbons (Fsp3) is 0.455. The summed E-state index contributed by atoms with van der Waals surface area (Å²) in [7, 11) is 0. The van der Waals surface area contributed by atoms with E-state index < -0.39 is 0 Å². The van der Waals surface area contributed by atoms with Crippen molar-refractivity contribution in [2.24, 2.45) is 10.9 Å². The van der Waals surface area contributed by atoms with Crippen LogP contribution in [0.25, 0.3) is 0 Å². The van der Waals surface area contributed by atoms with E-state index in [1.54, 1.807) is 19.3 Å². The summed E-state index contributed by atoms with van der Waals surface area (Å²) in [5, 5.41) is 2.89. The van der Waals surface area contributed by atoms with Gasteiger partial charge in [-0.3, -0.25) is 9.79 Å². The van der Waals surface area contributed by atoms with Crippen molar-refractivity contribution < 1.29 is 9.53 Å². The summed E-state index contributed by atoms with van der Waals surface area (Å²) in [5.74, 6) is 2.03. The number of nitrogens with one attached hydrogen (secondary N) is 1. The maximum atomic E-state index is 11.5. The minimum absolute atomic E-state index is 0.186. The molecule has 15 heavy (non-hydrogen) atoms. The van der Waals surface area contributed by atoms with Crippen LogP contribution in [-0.2, 0) is 9.53 Å². The molecule has 1 heterocycles. The van der Waals surface area contributed by atoms with Crippen LogP contribution < -0.4 is 5.32 Å². The molecule has 0 aromatic heterocycles. The molecule has 0 bridgehead atoms. The highest BCUT2D eigenvalue weighted by Gasteiger charge is 2.20. The molecule has 0 spiro atoms. The number of hydrogen-bond donors (Lipinski definition) is 1. The molecule has 1 atom stereocenters. The number of allylic oxidation sites excluding steroid dienone is 1. The maximum Gasteiger partial charge on any atom is 0.312 e. The van der Waals surface area contributed by atoms with Gasteiger partial charge in [0.05, 0.1) is 18.8 Å². The van der Waals surface area contributed by atoms with Crippen molar-refractivity contribution >= 4 is 12.3 Å². The molecule has 1 unspecified atom stereocenters. The number of rotatable bonds is 3. The number of carbonyl (C=O) groups excluding carboxylic acids is 1. The Bertz CT molecular complexity index is 326. The second-order valence-corrected chi connectivity index (χ2v) is 3.26. The summed E-state index contributed by atoms with van der Waals surface area (Å²) in [6, 6.07) is 0. The largest absolute Gasteiger partial charge is 0.461 e. The summed E-state index contributed by atoms with van der Waals surface area (Å²) in [5.41, 5.74) is 0.766. The number of hydrogen-bond acceptors (Lipinski definition) is 4. The first kappa shape index (κ1) is 11.3. The quantitative estimate of drug-likeness (QED) is 0.535. The zero-order valence-corrected chi connectivity index (χ0v) is 8.69. The molecule has 4 heteroatoms. The first-order valence-corrected chi connectivity index (χ1v) is 4.75. The summed E-state index contributed by atoms with van der Waals surface area (Å²) >= 11 is 0. The highest BCUT2D eigenvalue weighted by atomic mass is 16.5. The molecule has 1 rings (SSSR count). The van der Waals surface area contributed by atoms with Crippen molar-refractivity contribution in [3.05, 3.63) is 11.6 Å². The van der Waals surface area contributed by atoms with Crippen molar-refractivity contribution in [1.82, 2.24) is 5.32 Å². The second-order valence-electron chi connectivity index (χ2n) is 3.26. The predicted octanol–water partition coefficient (Wildman–Crippen LogP) is 0.357. The number of carbonyl (C=O) groups is 1. The smallest absolute Gasteiger partial charge is 0.312 e. The molecule has 0 saturated heterocycles. The molecular formula is C11H14N2O2. The van der Waals surface area contributed by atoms with Gasteiger partial charge in [0.25, 0.3) is 0 Å². The van der Waals surface area contributed by atoms with Gasteiger partial charge in [-0.05, 0) is 18.6 Å². The maximum absolute atomic E-state index is 11.5. The van der Waals surface area contributed by atoms with Crippen LogP contribution in [0.3, 0.4) is 0 Å². The van der Waals surface area contributed by atoms with Gasteiger partial charge in [-0.25, -0.2) is 0 Å². The van der Waals surface area contributed by atoms with Crippen LogP contribution in [-0.4, -0.2) is 32.0 Å². The lowest BCUT2D eigenvalue weighted by Gasteiger charge is -2.16. The Morgan fingerprint density at radius 2 is 2.67 bits per heavy atom. The Hall–Kier alpha value is -1.76. The number of ether oxygens (including phenoxy) is 1. The van der Waals surface area contributed by atoms with Crippen LogP contribution in [0.2, 0.25) is 0 Å². The first-order chi connectivity index (χ1) is 7.24. The van der Waals surface area contributed by atoms with Crippen molar-refractivity contribution in [2.75, 3.05) is 19.7 Å². The molecule has 0 aromatic carbocycles. The monoisotopic (exact) mass is 206 g/mol. The summed E-state index contributed by atoms with van der Waals surface area (Å²) in [6.07, 6.45) is 8.45. The summed E-state index contributed by atoms with van der Waals surface area (Å²) < 4.78 is 5.03. The van der Waals surface area contributed by atoms with Crippen molar-refractivity contribution in [1.29, 1.82) is 0 Å². The van der Waals surface area contributed by atoms with E-state index in [1.807, 2.05) is 0 Å². The van der Waals surface area contributed by atoms with E-state index >= 15 is 0 Å². The normalized spacial score (nSPS) is 20.3. The summed E-state index contributed by atoms with van der Waals surface area (Å²) in [6.45, 7) is 3.10. The van der Waals surface area contributed by atoms with E-state index in [4.69, 9.17) is 11.2 Å². The molecular weight excluding hydrogens is 192 g/mol. The molecule has 0 fully saturated rings. The van der Waals surface area contributed by atoms with Gasteiger partial charge in [-0.15, -0.1) is 6.42 Å².